The molecule has 1 saturated carbocycles. The Bertz CT molecular complexity index is 524. The number of hydrogen-bond donors (Lipinski definition) is 3. The standard InChI is InChI=1S/C13H17N3O3/c1-15-11(17)13(5-6-13)12(18)16-8-3-4-10(19-2)9(14)7-8/h3-4,7H,5-6,14H2,1-2H3,(H,15,17)(H,16,18). The number of anilines is 2. The number of amides is 2. The normalized spacial score (nSPS) is 15.5. The van der Waals surface area contributed by atoms with E-state index in [1.165, 1.54) is 14.2 Å². The molecule has 4 N–H and O–H groups in total. The van der Waals surface area contributed by atoms with E-state index in [1.54, 1.807) is 18.2 Å². The first-order valence-electron chi connectivity index (χ1n) is 6.00. The van der Waals surface area contributed by atoms with E-state index in [0.29, 0.717) is 30.0 Å². The molecule has 6 heteroatoms. The highest BCUT2D eigenvalue weighted by atomic mass is 16.5. The molecule has 1 fully saturated rings. The van der Waals surface area contributed by atoms with Crippen LogP contribution in [0.15, 0.2) is 18.2 Å². The third-order valence-electron chi connectivity index (χ3n) is 3.33. The highest BCUT2D eigenvalue weighted by Gasteiger charge is 2.56. The van der Waals surface area contributed by atoms with Crippen LogP contribution in [0.2, 0.25) is 0 Å². The molecule has 2 amide bonds. The van der Waals surface area contributed by atoms with Crippen LogP contribution in [0.4, 0.5) is 11.4 Å². The SMILES string of the molecule is CNC(=O)C1(C(=O)Nc2ccc(OC)c(N)c2)CC1. The quantitative estimate of drug-likeness (QED) is 0.552. The number of hydrogen-bond acceptors (Lipinski definition) is 4. The summed E-state index contributed by atoms with van der Waals surface area (Å²) in [5.41, 5.74) is 5.84. The fourth-order valence-corrected chi connectivity index (χ4v) is 1.98. The minimum absolute atomic E-state index is 0.244. The maximum atomic E-state index is 12.1. The lowest BCUT2D eigenvalue weighted by atomic mass is 10.1. The second-order valence-corrected chi connectivity index (χ2v) is 4.57. The Morgan fingerprint density at radius 2 is 2.00 bits per heavy atom. The Labute approximate surface area is 111 Å². The van der Waals surface area contributed by atoms with Gasteiger partial charge in [0, 0.05) is 12.7 Å². The van der Waals surface area contributed by atoms with Gasteiger partial charge in [-0.25, -0.2) is 0 Å². The minimum Gasteiger partial charge on any atom is -0.495 e. The molecule has 0 bridgehead atoms. The van der Waals surface area contributed by atoms with Crippen LogP contribution in [0.3, 0.4) is 0 Å². The van der Waals surface area contributed by atoms with Crippen molar-refractivity contribution in [3.63, 3.8) is 0 Å². The number of benzene rings is 1. The summed E-state index contributed by atoms with van der Waals surface area (Å²) in [6.07, 6.45) is 1.15. The largest absolute Gasteiger partial charge is 0.495 e. The van der Waals surface area contributed by atoms with Crippen molar-refractivity contribution in [1.82, 2.24) is 5.32 Å². The number of nitrogens with one attached hydrogen (secondary N) is 2. The zero-order valence-electron chi connectivity index (χ0n) is 10.9. The van der Waals surface area contributed by atoms with Crippen LogP contribution >= 0.6 is 0 Å². The third kappa shape index (κ3) is 2.33. The number of carbonyl (C=O) groups is 2. The van der Waals surface area contributed by atoms with Crippen LogP contribution in [0.25, 0.3) is 0 Å². The second-order valence-electron chi connectivity index (χ2n) is 4.57. The predicted molar refractivity (Wildman–Crippen MR) is 71.8 cm³/mol. The highest BCUT2D eigenvalue weighted by Crippen LogP contribution is 2.46. The van der Waals surface area contributed by atoms with Crippen molar-refractivity contribution < 1.29 is 14.3 Å². The molecule has 1 aromatic rings. The zero-order valence-corrected chi connectivity index (χ0v) is 10.9. The topological polar surface area (TPSA) is 93.5 Å². The van der Waals surface area contributed by atoms with Gasteiger partial charge in [-0.3, -0.25) is 9.59 Å². The molecule has 1 aliphatic carbocycles. The van der Waals surface area contributed by atoms with Gasteiger partial charge in [0.05, 0.1) is 12.8 Å². The summed E-state index contributed by atoms with van der Waals surface area (Å²) in [6, 6.07) is 4.97. The zero-order chi connectivity index (χ0) is 14.0. The number of nitrogens with two attached hydrogens (primary N) is 1. The summed E-state index contributed by atoms with van der Waals surface area (Å²) in [7, 11) is 3.05. The Morgan fingerprint density at radius 1 is 1.32 bits per heavy atom. The predicted octanol–water partition coefficient (Wildman–Crippen LogP) is 0.742. The van der Waals surface area contributed by atoms with E-state index in [1.807, 2.05) is 0 Å². The summed E-state index contributed by atoms with van der Waals surface area (Å²) < 4.78 is 5.04. The van der Waals surface area contributed by atoms with Crippen LogP contribution in [-0.2, 0) is 9.59 Å². The van der Waals surface area contributed by atoms with Crippen molar-refractivity contribution >= 4 is 23.2 Å². The van der Waals surface area contributed by atoms with E-state index in [-0.39, 0.29) is 11.8 Å². The van der Waals surface area contributed by atoms with Crippen molar-refractivity contribution in [3.05, 3.63) is 18.2 Å². The Balaban J connectivity index is 2.12. The van der Waals surface area contributed by atoms with Crippen molar-refractivity contribution in [1.29, 1.82) is 0 Å². The minimum atomic E-state index is -0.913. The van der Waals surface area contributed by atoms with Crippen LogP contribution in [0.5, 0.6) is 5.75 Å². The Morgan fingerprint density at radius 3 is 2.47 bits per heavy atom. The van der Waals surface area contributed by atoms with Gasteiger partial charge in [0.15, 0.2) is 0 Å². The third-order valence-corrected chi connectivity index (χ3v) is 3.33. The number of ether oxygens (including phenoxy) is 1. The van der Waals surface area contributed by atoms with Crippen molar-refractivity contribution in [3.8, 4) is 5.75 Å². The highest BCUT2D eigenvalue weighted by molar-refractivity contribution is 6.13. The summed E-state index contributed by atoms with van der Waals surface area (Å²) in [5.74, 6) is 0.00772. The molecular weight excluding hydrogens is 246 g/mol. The molecule has 2 rings (SSSR count). The van der Waals surface area contributed by atoms with Crippen LogP contribution in [0.1, 0.15) is 12.8 Å². The van der Waals surface area contributed by atoms with Crippen LogP contribution in [0, 0.1) is 5.41 Å². The smallest absolute Gasteiger partial charge is 0.240 e. The van der Waals surface area contributed by atoms with Crippen molar-refractivity contribution in [2.75, 3.05) is 25.2 Å². The molecule has 102 valence electrons. The lowest BCUT2D eigenvalue weighted by Crippen LogP contribution is -2.38. The molecular formula is C13H17N3O3. The van der Waals surface area contributed by atoms with Gasteiger partial charge in [-0.05, 0) is 31.0 Å². The maximum absolute atomic E-state index is 12.1. The average molecular weight is 263 g/mol. The van der Waals surface area contributed by atoms with E-state index >= 15 is 0 Å². The molecule has 0 radical (unpaired) electrons. The van der Waals surface area contributed by atoms with Gasteiger partial charge in [0.2, 0.25) is 11.8 Å². The van der Waals surface area contributed by atoms with Crippen LogP contribution < -0.4 is 21.1 Å². The van der Waals surface area contributed by atoms with Crippen LogP contribution in [-0.4, -0.2) is 26.0 Å². The lowest BCUT2D eigenvalue weighted by molar-refractivity contribution is -0.134. The molecule has 1 aliphatic rings. The Kier molecular flexibility index (Phi) is 3.33. The van der Waals surface area contributed by atoms with E-state index in [9.17, 15) is 9.59 Å². The molecule has 0 aromatic heterocycles. The van der Waals surface area contributed by atoms with Gasteiger partial charge in [-0.2, -0.15) is 0 Å². The van der Waals surface area contributed by atoms with Gasteiger partial charge in [-0.15, -0.1) is 0 Å². The fourth-order valence-electron chi connectivity index (χ4n) is 1.98. The van der Waals surface area contributed by atoms with Gasteiger partial charge >= 0.3 is 0 Å². The molecule has 1 aromatic carbocycles. The summed E-state index contributed by atoms with van der Waals surface area (Å²) in [5, 5.41) is 5.24. The molecule has 0 heterocycles. The number of carbonyl (C=O) groups excluding carboxylic acids is 2. The summed E-state index contributed by atoms with van der Waals surface area (Å²) in [4.78, 5) is 23.8. The average Bonchev–Trinajstić information content (AvgIpc) is 3.19. The summed E-state index contributed by atoms with van der Waals surface area (Å²) in [6.45, 7) is 0. The van der Waals surface area contributed by atoms with E-state index in [0.717, 1.165) is 0 Å². The summed E-state index contributed by atoms with van der Waals surface area (Å²) >= 11 is 0. The lowest BCUT2D eigenvalue weighted by Gasteiger charge is -2.14. The number of methoxy groups -OCH3 is 1. The molecule has 0 unspecified atom stereocenters. The number of nitrogen functional groups attached to an aromatic ring is 1. The second kappa shape index (κ2) is 4.79. The first-order valence-corrected chi connectivity index (χ1v) is 6.00. The molecule has 6 nitrogen and oxygen atoms in total. The number of rotatable bonds is 4. The van der Waals surface area contributed by atoms with Crippen molar-refractivity contribution in [2.24, 2.45) is 5.41 Å². The first kappa shape index (κ1) is 13.2. The van der Waals surface area contributed by atoms with Gasteiger partial charge in [0.25, 0.3) is 0 Å². The maximum Gasteiger partial charge on any atom is 0.240 e. The fraction of sp³-hybridized carbons (Fsp3) is 0.385. The molecule has 0 spiro atoms. The molecule has 0 atom stereocenters. The van der Waals surface area contributed by atoms with E-state index in [2.05, 4.69) is 10.6 Å². The van der Waals surface area contributed by atoms with E-state index in [4.69, 9.17) is 10.5 Å². The molecule has 0 aliphatic heterocycles. The van der Waals surface area contributed by atoms with Gasteiger partial charge in [0.1, 0.15) is 11.2 Å². The Hall–Kier alpha value is -2.24. The molecule has 19 heavy (non-hydrogen) atoms. The molecule has 0 saturated heterocycles. The monoisotopic (exact) mass is 263 g/mol. The van der Waals surface area contributed by atoms with E-state index < -0.39 is 5.41 Å². The van der Waals surface area contributed by atoms with Gasteiger partial charge in [-0.1, -0.05) is 0 Å². The van der Waals surface area contributed by atoms with Crippen molar-refractivity contribution in [2.45, 2.75) is 12.8 Å². The first-order chi connectivity index (χ1) is 9.03. The van der Waals surface area contributed by atoms with Gasteiger partial charge < -0.3 is 21.1 Å².